The molecule has 2 atom stereocenters. The Hall–Kier alpha value is -3.21. The van der Waals surface area contributed by atoms with Crippen molar-refractivity contribution >= 4 is 12.0 Å². The maximum Gasteiger partial charge on any atom is 0.335 e. The molecule has 2 aliphatic rings. The molecule has 0 aromatic heterocycles. The van der Waals surface area contributed by atoms with E-state index in [1.807, 2.05) is 24.3 Å². The minimum atomic E-state index is -0.983. The Morgan fingerprint density at radius 3 is 2.35 bits per heavy atom. The van der Waals surface area contributed by atoms with Gasteiger partial charge in [0.1, 0.15) is 0 Å². The van der Waals surface area contributed by atoms with Crippen molar-refractivity contribution in [2.24, 2.45) is 11.1 Å². The van der Waals surface area contributed by atoms with Crippen LogP contribution in [0.1, 0.15) is 38.2 Å². The van der Waals surface area contributed by atoms with E-state index in [0.717, 1.165) is 24.0 Å². The van der Waals surface area contributed by atoms with Gasteiger partial charge in [-0.2, -0.15) is 0 Å². The first-order chi connectivity index (χ1) is 15.0. The first-order valence-electron chi connectivity index (χ1n) is 10.5. The Morgan fingerprint density at radius 1 is 1.00 bits per heavy atom. The quantitative estimate of drug-likeness (QED) is 0.604. The van der Waals surface area contributed by atoms with Gasteiger partial charge in [0, 0.05) is 18.1 Å². The van der Waals surface area contributed by atoms with Crippen LogP contribution in [0.15, 0.2) is 78.4 Å². The van der Waals surface area contributed by atoms with Crippen molar-refractivity contribution in [2.75, 3.05) is 7.11 Å². The number of hydrogen-bond donors (Lipinski definition) is 2. The van der Waals surface area contributed by atoms with Crippen LogP contribution in [0.5, 0.6) is 0 Å². The number of rotatable bonds is 5. The molecule has 2 aliphatic carbocycles. The molecule has 0 saturated heterocycles. The molecular weight excluding hydrogens is 386 g/mol. The van der Waals surface area contributed by atoms with E-state index in [0.29, 0.717) is 6.42 Å². The highest BCUT2D eigenvalue weighted by atomic mass is 16.5. The fourth-order valence-corrected chi connectivity index (χ4v) is 5.42. The van der Waals surface area contributed by atoms with Crippen molar-refractivity contribution < 1.29 is 14.6 Å². The van der Waals surface area contributed by atoms with Crippen LogP contribution in [0.2, 0.25) is 0 Å². The van der Waals surface area contributed by atoms with Gasteiger partial charge < -0.3 is 9.84 Å². The smallest absolute Gasteiger partial charge is 0.335 e. The Kier molecular flexibility index (Phi) is 4.58. The zero-order chi connectivity index (χ0) is 21.6. The molecule has 3 aromatic carbocycles. The molecule has 0 bridgehead atoms. The molecule has 0 amide bonds. The maximum atomic E-state index is 11.3. The lowest BCUT2D eigenvalue weighted by atomic mass is 9.67. The average Bonchev–Trinajstić information content (AvgIpc) is 3.33. The molecule has 1 unspecified atom stereocenters. The van der Waals surface area contributed by atoms with Gasteiger partial charge in [-0.25, -0.2) is 4.79 Å². The van der Waals surface area contributed by atoms with Crippen LogP contribution < -0.4 is 5.73 Å². The second-order valence-electron chi connectivity index (χ2n) is 8.58. The van der Waals surface area contributed by atoms with Crippen LogP contribution in [-0.4, -0.2) is 18.2 Å². The SMILES string of the molecule is COC1(N)c2ccccc2C[C@]1(Cc1ccc(C(=O)O)cc1)C1=Cc2ccccc2C1. The highest BCUT2D eigenvalue weighted by Crippen LogP contribution is 2.57. The summed E-state index contributed by atoms with van der Waals surface area (Å²) in [6, 6.07) is 23.8. The number of methoxy groups -OCH3 is 1. The summed E-state index contributed by atoms with van der Waals surface area (Å²) in [5.41, 5.74) is 13.0. The lowest BCUT2D eigenvalue weighted by molar-refractivity contribution is -0.0893. The van der Waals surface area contributed by atoms with Crippen molar-refractivity contribution in [1.29, 1.82) is 0 Å². The molecule has 156 valence electrons. The summed E-state index contributed by atoms with van der Waals surface area (Å²) in [6.07, 6.45) is 4.53. The van der Waals surface area contributed by atoms with Gasteiger partial charge in [-0.15, -0.1) is 0 Å². The van der Waals surface area contributed by atoms with E-state index in [-0.39, 0.29) is 5.56 Å². The fourth-order valence-electron chi connectivity index (χ4n) is 5.42. The molecule has 3 N–H and O–H groups in total. The molecule has 0 saturated carbocycles. The molecule has 0 heterocycles. The standard InChI is InChI=1S/C27H25NO3/c1-31-27(28)24-9-5-4-8-22(24)17-26(27,16-18-10-12-19(13-11-18)25(29)30)23-14-20-6-2-3-7-21(20)15-23/h2-14H,15-17,28H2,1H3,(H,29,30)/t26-,27?/m1/s1. The largest absolute Gasteiger partial charge is 0.478 e. The van der Waals surface area contributed by atoms with E-state index in [9.17, 15) is 9.90 Å². The monoisotopic (exact) mass is 411 g/mol. The van der Waals surface area contributed by atoms with Gasteiger partial charge in [0.05, 0.1) is 5.56 Å². The van der Waals surface area contributed by atoms with Gasteiger partial charge in [-0.3, -0.25) is 5.73 Å². The minimum Gasteiger partial charge on any atom is -0.478 e. The van der Waals surface area contributed by atoms with Crippen LogP contribution in [0.3, 0.4) is 0 Å². The van der Waals surface area contributed by atoms with Crippen molar-refractivity contribution in [3.8, 4) is 0 Å². The summed E-state index contributed by atoms with van der Waals surface area (Å²) >= 11 is 0. The first-order valence-corrected chi connectivity index (χ1v) is 10.5. The van der Waals surface area contributed by atoms with Crippen LogP contribution in [0.25, 0.3) is 6.08 Å². The normalized spacial score (nSPS) is 23.9. The zero-order valence-corrected chi connectivity index (χ0v) is 17.5. The number of fused-ring (bicyclic) bond motifs is 2. The van der Waals surface area contributed by atoms with Crippen molar-refractivity contribution in [1.82, 2.24) is 0 Å². The average molecular weight is 412 g/mol. The predicted molar refractivity (Wildman–Crippen MR) is 121 cm³/mol. The third-order valence-electron chi connectivity index (χ3n) is 7.03. The van der Waals surface area contributed by atoms with E-state index in [4.69, 9.17) is 10.5 Å². The van der Waals surface area contributed by atoms with E-state index in [1.54, 1.807) is 19.2 Å². The van der Waals surface area contributed by atoms with Crippen molar-refractivity contribution in [3.05, 3.63) is 112 Å². The van der Waals surface area contributed by atoms with Crippen LogP contribution in [0.4, 0.5) is 0 Å². The maximum absolute atomic E-state index is 11.3. The highest BCUT2D eigenvalue weighted by Gasteiger charge is 2.58. The highest BCUT2D eigenvalue weighted by molar-refractivity contribution is 5.87. The summed E-state index contributed by atoms with van der Waals surface area (Å²) in [4.78, 5) is 11.3. The number of benzene rings is 3. The summed E-state index contributed by atoms with van der Waals surface area (Å²) in [6.45, 7) is 0. The topological polar surface area (TPSA) is 72.5 Å². The number of aromatic carboxylic acids is 1. The molecule has 4 nitrogen and oxygen atoms in total. The lowest BCUT2D eigenvalue weighted by Gasteiger charge is -2.44. The van der Waals surface area contributed by atoms with Gasteiger partial charge in [-0.1, -0.05) is 72.3 Å². The van der Waals surface area contributed by atoms with E-state index in [2.05, 4.69) is 42.5 Å². The Labute approximate surface area is 182 Å². The third kappa shape index (κ3) is 2.94. The summed E-state index contributed by atoms with van der Waals surface area (Å²) < 4.78 is 6.13. The number of carboxylic acid groups (broad SMARTS) is 1. The fraction of sp³-hybridized carbons (Fsp3) is 0.222. The third-order valence-corrected chi connectivity index (χ3v) is 7.03. The van der Waals surface area contributed by atoms with Crippen molar-refractivity contribution in [3.63, 3.8) is 0 Å². The lowest BCUT2D eigenvalue weighted by Crippen LogP contribution is -2.54. The molecule has 0 spiro atoms. The molecule has 0 radical (unpaired) electrons. The van der Waals surface area contributed by atoms with Crippen LogP contribution >= 0.6 is 0 Å². The summed E-state index contributed by atoms with van der Waals surface area (Å²) in [7, 11) is 1.69. The molecule has 3 aromatic rings. The molecule has 4 heteroatoms. The van der Waals surface area contributed by atoms with Gasteiger partial charge in [0.2, 0.25) is 0 Å². The second kappa shape index (κ2) is 7.19. The van der Waals surface area contributed by atoms with Gasteiger partial charge in [0.25, 0.3) is 0 Å². The number of carbonyl (C=O) groups is 1. The van der Waals surface area contributed by atoms with Gasteiger partial charge in [-0.05, 0) is 53.6 Å². The first kappa shape index (κ1) is 19.7. The van der Waals surface area contributed by atoms with Crippen LogP contribution in [0, 0.1) is 5.41 Å². The summed E-state index contributed by atoms with van der Waals surface area (Å²) in [5, 5.41) is 9.27. The molecule has 0 fully saturated rings. The molecule has 31 heavy (non-hydrogen) atoms. The number of ether oxygens (including phenoxy) is 1. The van der Waals surface area contributed by atoms with Crippen LogP contribution in [-0.2, 0) is 29.7 Å². The Morgan fingerprint density at radius 2 is 1.68 bits per heavy atom. The second-order valence-corrected chi connectivity index (χ2v) is 8.58. The van der Waals surface area contributed by atoms with Gasteiger partial charge >= 0.3 is 5.97 Å². The summed E-state index contributed by atoms with van der Waals surface area (Å²) in [5.74, 6) is -0.923. The molecule has 0 aliphatic heterocycles. The number of nitrogens with two attached hydrogens (primary N) is 1. The van der Waals surface area contributed by atoms with E-state index >= 15 is 0 Å². The minimum absolute atomic E-state index is 0.283. The number of carboxylic acids is 1. The van der Waals surface area contributed by atoms with E-state index in [1.165, 1.54) is 22.3 Å². The Bertz CT molecular complexity index is 1200. The zero-order valence-electron chi connectivity index (χ0n) is 17.5. The Balaban J connectivity index is 1.65. The predicted octanol–water partition coefficient (Wildman–Crippen LogP) is 4.57. The van der Waals surface area contributed by atoms with Gasteiger partial charge in [0.15, 0.2) is 5.72 Å². The van der Waals surface area contributed by atoms with E-state index < -0.39 is 17.1 Å². The molecular formula is C27H25NO3. The number of hydrogen-bond acceptors (Lipinski definition) is 3. The van der Waals surface area contributed by atoms with Crippen molar-refractivity contribution in [2.45, 2.75) is 25.0 Å². The molecule has 5 rings (SSSR count).